The third-order valence-electron chi connectivity index (χ3n) is 4.18. The third kappa shape index (κ3) is 4.09. The van der Waals surface area contributed by atoms with Crippen molar-refractivity contribution >= 4 is 11.6 Å². The molecule has 4 nitrogen and oxygen atoms in total. The maximum absolute atomic E-state index is 5.87. The van der Waals surface area contributed by atoms with Gasteiger partial charge in [-0.2, -0.15) is 0 Å². The minimum absolute atomic E-state index is 0.305. The van der Waals surface area contributed by atoms with Gasteiger partial charge in [0.1, 0.15) is 17.5 Å². The van der Waals surface area contributed by atoms with Crippen LogP contribution in [0.5, 0.6) is 0 Å². The average Bonchev–Trinajstić information content (AvgIpc) is 2.40. The first-order valence-electron chi connectivity index (χ1n) is 7.99. The second-order valence-corrected chi connectivity index (χ2v) is 6.34. The molecule has 0 aliphatic heterocycles. The van der Waals surface area contributed by atoms with Crippen LogP contribution in [0.3, 0.4) is 0 Å². The molecule has 2 rings (SSSR count). The van der Waals surface area contributed by atoms with Crippen molar-refractivity contribution in [1.82, 2.24) is 9.97 Å². The van der Waals surface area contributed by atoms with Gasteiger partial charge in [0.15, 0.2) is 0 Å². The molecular weight excluding hydrogens is 248 g/mol. The molecule has 20 heavy (non-hydrogen) atoms. The lowest BCUT2D eigenvalue weighted by atomic mass is 9.83. The molecular formula is C16H28N4. The number of nitrogens with zero attached hydrogens (tertiary/aromatic N) is 2. The third-order valence-corrected chi connectivity index (χ3v) is 4.18. The van der Waals surface area contributed by atoms with Crippen molar-refractivity contribution in [3.8, 4) is 0 Å². The molecule has 3 N–H and O–H groups in total. The highest BCUT2D eigenvalue weighted by atomic mass is 15.1. The molecule has 0 bridgehead atoms. The van der Waals surface area contributed by atoms with Gasteiger partial charge in [-0.1, -0.05) is 33.6 Å². The van der Waals surface area contributed by atoms with E-state index in [0.717, 1.165) is 17.6 Å². The van der Waals surface area contributed by atoms with Crippen molar-refractivity contribution in [2.75, 3.05) is 11.1 Å². The fourth-order valence-corrected chi connectivity index (χ4v) is 3.03. The quantitative estimate of drug-likeness (QED) is 0.854. The lowest BCUT2D eigenvalue weighted by Gasteiger charge is -2.29. The Kier molecular flexibility index (Phi) is 5.21. The number of aromatic nitrogens is 2. The van der Waals surface area contributed by atoms with Gasteiger partial charge in [-0.05, 0) is 31.6 Å². The van der Waals surface area contributed by atoms with Gasteiger partial charge in [0, 0.05) is 18.0 Å². The maximum atomic E-state index is 5.87. The summed E-state index contributed by atoms with van der Waals surface area (Å²) >= 11 is 0. The van der Waals surface area contributed by atoms with Crippen molar-refractivity contribution in [3.05, 3.63) is 11.9 Å². The molecule has 4 heteroatoms. The van der Waals surface area contributed by atoms with Crippen LogP contribution in [0.2, 0.25) is 0 Å². The molecule has 0 saturated heterocycles. The summed E-state index contributed by atoms with van der Waals surface area (Å²) in [5.74, 6) is 3.51. The van der Waals surface area contributed by atoms with Crippen molar-refractivity contribution < 1.29 is 0 Å². The molecule has 0 unspecified atom stereocenters. The summed E-state index contributed by atoms with van der Waals surface area (Å²) in [6.07, 6.45) is 7.84. The Bertz CT molecular complexity index is 422. The topological polar surface area (TPSA) is 63.8 Å². The van der Waals surface area contributed by atoms with Crippen LogP contribution < -0.4 is 11.1 Å². The number of nitrogens with two attached hydrogens (primary N) is 1. The molecule has 1 aliphatic rings. The minimum Gasteiger partial charge on any atom is -0.384 e. The van der Waals surface area contributed by atoms with Gasteiger partial charge in [0.25, 0.3) is 0 Å². The first-order valence-corrected chi connectivity index (χ1v) is 7.99. The number of hydrogen-bond acceptors (Lipinski definition) is 4. The van der Waals surface area contributed by atoms with Crippen molar-refractivity contribution in [1.29, 1.82) is 0 Å². The van der Waals surface area contributed by atoms with E-state index in [1.165, 1.54) is 38.5 Å². The Morgan fingerprint density at radius 2 is 1.95 bits per heavy atom. The fraction of sp³-hybridized carbons (Fsp3) is 0.750. The van der Waals surface area contributed by atoms with Crippen molar-refractivity contribution in [2.24, 2.45) is 5.92 Å². The van der Waals surface area contributed by atoms with Gasteiger partial charge in [-0.25, -0.2) is 9.97 Å². The second-order valence-electron chi connectivity index (χ2n) is 6.34. The van der Waals surface area contributed by atoms with Gasteiger partial charge in [0.2, 0.25) is 0 Å². The molecule has 1 saturated carbocycles. The Morgan fingerprint density at radius 1 is 1.25 bits per heavy atom. The first kappa shape index (κ1) is 15.1. The number of anilines is 2. The number of rotatable bonds is 5. The van der Waals surface area contributed by atoms with E-state index < -0.39 is 0 Å². The Hall–Kier alpha value is -1.32. The highest BCUT2D eigenvalue weighted by molar-refractivity contribution is 5.45. The van der Waals surface area contributed by atoms with E-state index in [4.69, 9.17) is 5.73 Å². The molecule has 0 radical (unpaired) electrons. The molecule has 0 amide bonds. The van der Waals surface area contributed by atoms with Crippen molar-refractivity contribution in [2.45, 2.75) is 71.3 Å². The van der Waals surface area contributed by atoms with E-state index in [1.807, 2.05) is 6.07 Å². The van der Waals surface area contributed by atoms with Crippen LogP contribution in [0.1, 0.15) is 71.0 Å². The predicted octanol–water partition coefficient (Wildman–Crippen LogP) is 3.95. The van der Waals surface area contributed by atoms with Crippen LogP contribution >= 0.6 is 0 Å². The van der Waals surface area contributed by atoms with Crippen molar-refractivity contribution in [3.63, 3.8) is 0 Å². The first-order chi connectivity index (χ1) is 9.58. The second kappa shape index (κ2) is 6.91. The maximum Gasteiger partial charge on any atom is 0.135 e. The summed E-state index contributed by atoms with van der Waals surface area (Å²) in [4.78, 5) is 8.87. The molecule has 112 valence electrons. The summed E-state index contributed by atoms with van der Waals surface area (Å²) in [5.41, 5.74) is 5.87. The summed E-state index contributed by atoms with van der Waals surface area (Å²) in [6, 6.07) is 2.39. The molecule has 0 spiro atoms. The molecule has 0 aromatic carbocycles. The monoisotopic (exact) mass is 276 g/mol. The zero-order valence-electron chi connectivity index (χ0n) is 13.0. The molecule has 1 fully saturated rings. The number of nitrogen functional groups attached to an aromatic ring is 1. The van der Waals surface area contributed by atoms with E-state index in [-0.39, 0.29) is 0 Å². The SMILES string of the molecule is CCCC1CCC(Nc2cc(N)nc(C(C)C)n2)CC1. The summed E-state index contributed by atoms with van der Waals surface area (Å²) in [5, 5.41) is 3.55. The van der Waals surface area contributed by atoms with Gasteiger partial charge < -0.3 is 11.1 Å². The highest BCUT2D eigenvalue weighted by Gasteiger charge is 2.21. The standard InChI is InChI=1S/C16H28N4/c1-4-5-12-6-8-13(9-7-12)18-15-10-14(17)19-16(20-15)11(2)3/h10-13H,4-9H2,1-3H3,(H3,17,18,19,20). The molecule has 1 heterocycles. The Labute approximate surface area is 122 Å². The zero-order valence-corrected chi connectivity index (χ0v) is 13.0. The molecule has 1 aromatic heterocycles. The van der Waals surface area contributed by atoms with E-state index in [9.17, 15) is 0 Å². The predicted molar refractivity (Wildman–Crippen MR) is 84.8 cm³/mol. The van der Waals surface area contributed by atoms with E-state index in [0.29, 0.717) is 17.8 Å². The van der Waals surface area contributed by atoms with Crippen LogP contribution in [-0.4, -0.2) is 16.0 Å². The Balaban J connectivity index is 1.94. The van der Waals surface area contributed by atoms with Gasteiger partial charge in [0.05, 0.1) is 0 Å². The lowest BCUT2D eigenvalue weighted by molar-refractivity contribution is 0.318. The van der Waals surface area contributed by atoms with Gasteiger partial charge >= 0.3 is 0 Å². The normalized spacial score (nSPS) is 23.0. The average molecular weight is 276 g/mol. The number of nitrogens with one attached hydrogen (secondary N) is 1. The minimum atomic E-state index is 0.305. The van der Waals surface area contributed by atoms with Crippen LogP contribution in [0.15, 0.2) is 6.07 Å². The van der Waals surface area contributed by atoms with Crippen LogP contribution in [0.4, 0.5) is 11.6 Å². The Morgan fingerprint density at radius 3 is 2.55 bits per heavy atom. The van der Waals surface area contributed by atoms with Gasteiger partial charge in [-0.15, -0.1) is 0 Å². The van der Waals surface area contributed by atoms with Crippen LogP contribution in [-0.2, 0) is 0 Å². The van der Waals surface area contributed by atoms with E-state index in [1.54, 1.807) is 0 Å². The van der Waals surface area contributed by atoms with E-state index in [2.05, 4.69) is 36.1 Å². The largest absolute Gasteiger partial charge is 0.384 e. The van der Waals surface area contributed by atoms with Crippen LogP contribution in [0, 0.1) is 5.92 Å². The number of hydrogen-bond donors (Lipinski definition) is 2. The summed E-state index contributed by atoms with van der Waals surface area (Å²) < 4.78 is 0. The summed E-state index contributed by atoms with van der Waals surface area (Å²) in [6.45, 7) is 6.46. The molecule has 1 aliphatic carbocycles. The van der Waals surface area contributed by atoms with Gasteiger partial charge in [-0.3, -0.25) is 0 Å². The fourth-order valence-electron chi connectivity index (χ4n) is 3.03. The summed E-state index contributed by atoms with van der Waals surface area (Å²) in [7, 11) is 0. The van der Waals surface area contributed by atoms with E-state index >= 15 is 0 Å². The zero-order chi connectivity index (χ0) is 14.5. The molecule has 1 aromatic rings. The van der Waals surface area contributed by atoms with Crippen LogP contribution in [0.25, 0.3) is 0 Å². The lowest BCUT2D eigenvalue weighted by Crippen LogP contribution is -2.26. The highest BCUT2D eigenvalue weighted by Crippen LogP contribution is 2.29. The smallest absolute Gasteiger partial charge is 0.135 e. The molecule has 0 atom stereocenters.